The predicted octanol–water partition coefficient (Wildman–Crippen LogP) is 5.74. The van der Waals surface area contributed by atoms with Gasteiger partial charge in [-0.05, 0) is 24.6 Å². The number of benzene rings is 1. The van der Waals surface area contributed by atoms with E-state index in [1.54, 1.807) is 0 Å². The van der Waals surface area contributed by atoms with Crippen LogP contribution in [0.15, 0.2) is 30.6 Å². The van der Waals surface area contributed by atoms with Crippen LogP contribution in [0.5, 0.6) is 0 Å². The molecule has 4 rings (SSSR count). The first-order valence-electron chi connectivity index (χ1n) is 17.4. The molecule has 0 spiro atoms. The molecule has 6 atom stereocenters. The Kier molecular flexibility index (Phi) is 16.2. The second-order valence-electron chi connectivity index (χ2n) is 12.7. The van der Waals surface area contributed by atoms with E-state index in [9.17, 15) is 33.7 Å². The number of aliphatic hydroxyl groups is 2. The fourth-order valence-corrected chi connectivity index (χ4v) is 6.82. The van der Waals surface area contributed by atoms with Crippen LogP contribution in [0.1, 0.15) is 82.4 Å². The summed E-state index contributed by atoms with van der Waals surface area (Å²) in [5, 5.41) is 35.1. The van der Waals surface area contributed by atoms with Crippen LogP contribution in [0, 0.1) is 23.0 Å². The average Bonchev–Trinajstić information content (AvgIpc) is 3.68. The summed E-state index contributed by atoms with van der Waals surface area (Å²) < 4.78 is 69.8. The van der Waals surface area contributed by atoms with Gasteiger partial charge < -0.3 is 35.1 Å². The molecule has 0 radical (unpaired) electrons. The van der Waals surface area contributed by atoms with Crippen molar-refractivity contribution in [2.75, 3.05) is 32.2 Å². The Morgan fingerprint density at radius 2 is 1.77 bits per heavy atom. The zero-order valence-corrected chi connectivity index (χ0v) is 30.7. The van der Waals surface area contributed by atoms with Gasteiger partial charge in [0.1, 0.15) is 59.0 Å². The third kappa shape index (κ3) is 10.9. The molecule has 14 nitrogen and oxygen atoms in total. The van der Waals surface area contributed by atoms with Gasteiger partial charge in [0.15, 0.2) is 5.82 Å². The number of nitrogens with zero attached hydrogens (tertiary/aromatic N) is 4. The lowest BCUT2D eigenvalue weighted by molar-refractivity contribution is -0.0691. The monoisotopic (exact) mass is 773 g/mol. The maximum Gasteiger partial charge on any atom is 0.472 e. The number of aromatic nitrogens is 3. The molecule has 1 aliphatic heterocycles. The summed E-state index contributed by atoms with van der Waals surface area (Å²) in [6, 6.07) is 6.96. The van der Waals surface area contributed by atoms with Gasteiger partial charge in [-0.15, -0.1) is 0 Å². The molecule has 52 heavy (non-hydrogen) atoms. The van der Waals surface area contributed by atoms with Crippen molar-refractivity contribution in [1.29, 1.82) is 5.26 Å². The summed E-state index contributed by atoms with van der Waals surface area (Å²) in [7, 11) is -4.87. The highest BCUT2D eigenvalue weighted by atomic mass is 35.5. The molecule has 3 heterocycles. The molecule has 5 N–H and O–H groups in total. The molecule has 0 saturated carbocycles. The Balaban J connectivity index is 1.30. The van der Waals surface area contributed by atoms with Gasteiger partial charge in [-0.2, -0.15) is 10.4 Å². The fraction of sp³-hybridized carbons (Fsp3) is 0.618. The van der Waals surface area contributed by atoms with Crippen LogP contribution < -0.4 is 5.73 Å². The van der Waals surface area contributed by atoms with E-state index in [4.69, 9.17) is 40.6 Å². The molecule has 0 aliphatic carbocycles. The molecule has 3 aromatic rings. The molecular formula is C34H47ClF2N5O9P. The van der Waals surface area contributed by atoms with Crippen molar-refractivity contribution in [2.45, 2.75) is 108 Å². The normalized spacial score (nSPS) is 22.1. The summed E-state index contributed by atoms with van der Waals surface area (Å²) in [5.41, 5.74) is 4.03. The van der Waals surface area contributed by atoms with Gasteiger partial charge in [-0.3, -0.25) is 9.05 Å². The van der Waals surface area contributed by atoms with Crippen molar-refractivity contribution in [3.63, 3.8) is 0 Å². The molecule has 0 bridgehead atoms. The van der Waals surface area contributed by atoms with Gasteiger partial charge >= 0.3 is 7.82 Å². The van der Waals surface area contributed by atoms with E-state index >= 15 is 0 Å². The fourth-order valence-electron chi connectivity index (χ4n) is 5.87. The third-order valence-corrected chi connectivity index (χ3v) is 10.1. The second-order valence-corrected chi connectivity index (χ2v) is 14.5. The Hall–Kier alpha value is -2.81. The minimum Gasteiger partial charge on any atom is -0.387 e. The van der Waals surface area contributed by atoms with E-state index in [-0.39, 0.29) is 30.3 Å². The number of halogens is 3. The maximum atomic E-state index is 14.5. The number of ether oxygens (including phenoxy) is 3. The van der Waals surface area contributed by atoms with Crippen LogP contribution in [0.4, 0.5) is 14.6 Å². The number of rotatable bonds is 23. The number of hydrogen-bond donors (Lipinski definition) is 4. The van der Waals surface area contributed by atoms with Gasteiger partial charge in [0.2, 0.25) is 5.60 Å². The number of fused-ring (bicyclic) bond motifs is 1. The topological polar surface area (TPSA) is 204 Å². The number of phosphoric acid groups is 1. The minimum absolute atomic E-state index is 0.0354. The third-order valence-electron chi connectivity index (χ3n) is 8.85. The van der Waals surface area contributed by atoms with Crippen LogP contribution in [0.3, 0.4) is 0 Å². The highest BCUT2D eigenvalue weighted by molar-refractivity contribution is 7.47. The standard InChI is InChI=1S/C34H47ClF2N5O9P/c1-2-3-4-5-6-7-8-9-10-11-16-47-18-24(48-17-23-12-13-25(36)29(35)30(23)37)19-49-52(45,46)50-20-27-31(43)32(44)34(21-38,51-27)28-15-14-26-33(39)40-22-41-42(26)28/h12-15,22,24,27,31-32,43-44H,2-11,16-20H2,1H3,(H,45,46)(H2,39,40,41)/t24-,27-,31-,32-,34+/m1/s1. The Morgan fingerprint density at radius 1 is 1.08 bits per heavy atom. The Labute approximate surface area is 306 Å². The van der Waals surface area contributed by atoms with E-state index in [0.29, 0.717) is 12.1 Å². The average molecular weight is 774 g/mol. The summed E-state index contributed by atoms with van der Waals surface area (Å²) >= 11 is 5.69. The molecule has 1 fully saturated rings. The minimum atomic E-state index is -4.87. The summed E-state index contributed by atoms with van der Waals surface area (Å²) in [4.78, 5) is 14.4. The van der Waals surface area contributed by atoms with Crippen LogP contribution in [-0.4, -0.2) is 80.5 Å². The molecule has 0 amide bonds. The number of nitriles is 1. The van der Waals surface area contributed by atoms with Crippen molar-refractivity contribution < 1.29 is 51.7 Å². The zero-order chi connectivity index (χ0) is 37.7. The van der Waals surface area contributed by atoms with Gasteiger partial charge in [-0.25, -0.2) is 22.8 Å². The van der Waals surface area contributed by atoms with Crippen LogP contribution in [0.2, 0.25) is 5.02 Å². The number of phosphoric ester groups is 1. The Bertz CT molecular complexity index is 1680. The summed E-state index contributed by atoms with van der Waals surface area (Å²) in [6.07, 6.45) is 6.61. The Morgan fingerprint density at radius 3 is 2.46 bits per heavy atom. The maximum absolute atomic E-state index is 14.5. The largest absolute Gasteiger partial charge is 0.472 e. The number of anilines is 1. The number of unbranched alkanes of at least 4 members (excludes halogenated alkanes) is 9. The second kappa shape index (κ2) is 20.0. The molecule has 1 saturated heterocycles. The first kappa shape index (κ1) is 41.9. The van der Waals surface area contributed by atoms with Gasteiger partial charge in [0.25, 0.3) is 0 Å². The first-order chi connectivity index (χ1) is 24.9. The molecule has 1 aromatic carbocycles. The zero-order valence-electron chi connectivity index (χ0n) is 29.0. The van der Waals surface area contributed by atoms with Crippen molar-refractivity contribution in [3.8, 4) is 6.07 Å². The van der Waals surface area contributed by atoms with E-state index in [0.717, 1.165) is 38.1 Å². The molecular weight excluding hydrogens is 727 g/mol. The van der Waals surface area contributed by atoms with Crippen LogP contribution in [-0.2, 0) is 40.0 Å². The molecule has 288 valence electrons. The van der Waals surface area contributed by atoms with Crippen molar-refractivity contribution >= 4 is 30.8 Å². The lowest BCUT2D eigenvalue weighted by Gasteiger charge is -2.24. The SMILES string of the molecule is CCCCCCCCCCCCOC[C@H](COP(=O)(O)OC[C@H]1O[C@@](C#N)(c2ccc3c(N)ncnn23)[C@H](O)[C@@H]1O)OCc1ccc(F)c(Cl)c1F. The molecule has 2 aromatic heterocycles. The van der Waals surface area contributed by atoms with E-state index in [1.807, 2.05) is 6.07 Å². The van der Waals surface area contributed by atoms with E-state index in [1.165, 1.54) is 61.2 Å². The summed E-state index contributed by atoms with van der Waals surface area (Å²) in [6.45, 7) is 0.805. The first-order valence-corrected chi connectivity index (χ1v) is 19.3. The number of nitrogens with two attached hydrogens (primary N) is 1. The molecule has 18 heteroatoms. The molecule has 1 unspecified atom stereocenters. The number of nitrogen functional groups attached to an aromatic ring is 1. The number of hydrogen-bond acceptors (Lipinski definition) is 12. The van der Waals surface area contributed by atoms with Gasteiger partial charge in [0.05, 0.1) is 32.1 Å². The highest BCUT2D eigenvalue weighted by Gasteiger charge is 2.58. The number of aliphatic hydroxyl groups excluding tert-OH is 2. The highest BCUT2D eigenvalue weighted by Crippen LogP contribution is 2.46. The van der Waals surface area contributed by atoms with Crippen molar-refractivity contribution in [1.82, 2.24) is 14.6 Å². The van der Waals surface area contributed by atoms with Gasteiger partial charge in [0, 0.05) is 12.2 Å². The van der Waals surface area contributed by atoms with Gasteiger partial charge in [-0.1, -0.05) is 82.4 Å². The van der Waals surface area contributed by atoms with Crippen molar-refractivity contribution in [2.24, 2.45) is 0 Å². The summed E-state index contributed by atoms with van der Waals surface area (Å²) in [5.74, 6) is -1.84. The van der Waals surface area contributed by atoms with E-state index in [2.05, 4.69) is 17.0 Å². The quantitative estimate of drug-likeness (QED) is 0.0517. The van der Waals surface area contributed by atoms with Crippen LogP contribution >= 0.6 is 19.4 Å². The lowest BCUT2D eigenvalue weighted by atomic mass is 9.92. The molecule has 1 aliphatic rings. The smallest absolute Gasteiger partial charge is 0.387 e. The van der Waals surface area contributed by atoms with E-state index < -0.39 is 67.7 Å². The van der Waals surface area contributed by atoms with Crippen LogP contribution in [0.25, 0.3) is 5.52 Å². The lowest BCUT2D eigenvalue weighted by Crippen LogP contribution is -2.41. The van der Waals surface area contributed by atoms with Crippen molar-refractivity contribution in [3.05, 3.63) is 58.5 Å². The predicted molar refractivity (Wildman–Crippen MR) is 186 cm³/mol.